The van der Waals surface area contributed by atoms with E-state index in [1.807, 2.05) is 6.92 Å². The van der Waals surface area contributed by atoms with Crippen LogP contribution in [0.4, 0.5) is 0 Å². The maximum Gasteiger partial charge on any atom is 0.214 e. The highest BCUT2D eigenvalue weighted by molar-refractivity contribution is 8.15. The van der Waals surface area contributed by atoms with Crippen molar-refractivity contribution < 1.29 is 4.79 Å². The number of hydrogen-bond acceptors (Lipinski definition) is 2. The topological polar surface area (TPSA) is 17.1 Å². The minimum atomic E-state index is 0.197. The van der Waals surface area contributed by atoms with Gasteiger partial charge in [0.25, 0.3) is 0 Å². The van der Waals surface area contributed by atoms with Crippen LogP contribution in [0.1, 0.15) is 58.8 Å². The molecule has 2 heteroatoms. The quantitative estimate of drug-likeness (QED) is 0.475. The zero-order chi connectivity index (χ0) is 11.3. The predicted octanol–water partition coefficient (Wildman–Crippen LogP) is 4.33. The summed E-state index contributed by atoms with van der Waals surface area (Å²) in [5.74, 6) is 0. The number of hydrogen-bond donors (Lipinski definition) is 0. The van der Waals surface area contributed by atoms with E-state index in [0.29, 0.717) is 10.3 Å². The Balaban J connectivity index is 2.22. The molecule has 0 amide bonds. The minimum absolute atomic E-state index is 0.197. The first-order valence-corrected chi connectivity index (χ1v) is 6.80. The van der Waals surface area contributed by atoms with Crippen molar-refractivity contribution in [1.82, 2.24) is 0 Å². The Kier molecular flexibility index (Phi) is 4.91. The first-order valence-electron chi connectivity index (χ1n) is 5.98. The fourth-order valence-corrected chi connectivity index (χ4v) is 2.82. The summed E-state index contributed by atoms with van der Waals surface area (Å²) in [6, 6.07) is 0. The minimum Gasteiger partial charge on any atom is -0.282 e. The number of unbranched alkanes of at least 4 members (excludes halogenated alkanes) is 3. The van der Waals surface area contributed by atoms with Crippen molar-refractivity contribution in [2.24, 2.45) is 0 Å². The van der Waals surface area contributed by atoms with E-state index in [1.54, 1.807) is 11.8 Å². The van der Waals surface area contributed by atoms with Gasteiger partial charge in [0.1, 0.15) is 0 Å². The molecule has 86 valence electrons. The summed E-state index contributed by atoms with van der Waals surface area (Å²) in [5.41, 5.74) is 0.694. The van der Waals surface area contributed by atoms with E-state index in [9.17, 15) is 4.79 Å². The maximum atomic E-state index is 11.6. The maximum absolute atomic E-state index is 11.6. The molecule has 0 aliphatic heterocycles. The van der Waals surface area contributed by atoms with E-state index in [4.69, 9.17) is 0 Å². The lowest BCUT2D eigenvalue weighted by Crippen LogP contribution is -2.07. The molecule has 1 rings (SSSR count). The van der Waals surface area contributed by atoms with Crippen LogP contribution in [0.3, 0.4) is 0 Å². The standard InChI is InChI=1S/C13H22OS/c1-4-5-6-7-8-13(9-10-13)15-12(14)11(2)3/h2,4-10H2,1,3H3. The second-order valence-corrected chi connectivity index (χ2v) is 6.10. The third-order valence-electron chi connectivity index (χ3n) is 2.95. The molecule has 1 fully saturated rings. The fourth-order valence-electron chi connectivity index (χ4n) is 1.70. The molecule has 0 aromatic heterocycles. The molecule has 0 saturated heterocycles. The first-order chi connectivity index (χ1) is 7.09. The van der Waals surface area contributed by atoms with Crippen LogP contribution in [0.5, 0.6) is 0 Å². The average molecular weight is 226 g/mol. The van der Waals surface area contributed by atoms with Crippen LogP contribution in [-0.4, -0.2) is 9.86 Å². The van der Waals surface area contributed by atoms with E-state index in [1.165, 1.54) is 44.9 Å². The fraction of sp³-hybridized carbons (Fsp3) is 0.769. The SMILES string of the molecule is C=C(C)C(=O)SC1(CCCCCC)CC1. The summed E-state index contributed by atoms with van der Waals surface area (Å²) in [6.45, 7) is 7.74. The van der Waals surface area contributed by atoms with Crippen molar-refractivity contribution in [1.29, 1.82) is 0 Å². The summed E-state index contributed by atoms with van der Waals surface area (Å²) in [6.07, 6.45) is 8.88. The molecule has 0 aromatic carbocycles. The van der Waals surface area contributed by atoms with Gasteiger partial charge in [-0.25, -0.2) is 0 Å². The average Bonchev–Trinajstić information content (AvgIpc) is 2.93. The van der Waals surface area contributed by atoms with Crippen molar-refractivity contribution in [2.45, 2.75) is 63.5 Å². The third-order valence-corrected chi connectivity index (χ3v) is 4.53. The molecule has 1 saturated carbocycles. The normalized spacial score (nSPS) is 17.5. The molecule has 0 atom stereocenters. The van der Waals surface area contributed by atoms with Gasteiger partial charge in [-0.2, -0.15) is 0 Å². The zero-order valence-electron chi connectivity index (χ0n) is 9.97. The van der Waals surface area contributed by atoms with Gasteiger partial charge in [0.2, 0.25) is 5.12 Å². The van der Waals surface area contributed by atoms with Gasteiger partial charge in [-0.05, 0) is 31.8 Å². The van der Waals surface area contributed by atoms with Crippen LogP contribution >= 0.6 is 11.8 Å². The molecule has 15 heavy (non-hydrogen) atoms. The van der Waals surface area contributed by atoms with Gasteiger partial charge in [0.15, 0.2) is 0 Å². The van der Waals surface area contributed by atoms with Gasteiger partial charge in [0, 0.05) is 4.75 Å². The molecular formula is C13H22OS. The highest BCUT2D eigenvalue weighted by atomic mass is 32.2. The number of carbonyl (C=O) groups excluding carboxylic acids is 1. The first kappa shape index (κ1) is 12.8. The van der Waals surface area contributed by atoms with Crippen LogP contribution < -0.4 is 0 Å². The second-order valence-electron chi connectivity index (χ2n) is 4.66. The summed E-state index contributed by atoms with van der Waals surface area (Å²) in [5, 5.41) is 0.197. The van der Waals surface area contributed by atoms with Crippen molar-refractivity contribution in [3.05, 3.63) is 12.2 Å². The predicted molar refractivity (Wildman–Crippen MR) is 68.1 cm³/mol. The van der Waals surface area contributed by atoms with Crippen LogP contribution in [0.25, 0.3) is 0 Å². The smallest absolute Gasteiger partial charge is 0.214 e. The van der Waals surface area contributed by atoms with Gasteiger partial charge in [-0.15, -0.1) is 0 Å². The van der Waals surface area contributed by atoms with Crippen LogP contribution in [0.2, 0.25) is 0 Å². The second kappa shape index (κ2) is 5.74. The summed E-state index contributed by atoms with van der Waals surface area (Å²) < 4.78 is 0.309. The van der Waals surface area contributed by atoms with Gasteiger partial charge in [0.05, 0.1) is 0 Å². The van der Waals surface area contributed by atoms with Crippen molar-refractivity contribution in [3.8, 4) is 0 Å². The Hall–Kier alpha value is -0.240. The molecule has 0 N–H and O–H groups in total. The Labute approximate surface area is 97.7 Å². The third kappa shape index (κ3) is 4.42. The van der Waals surface area contributed by atoms with Crippen molar-refractivity contribution >= 4 is 16.9 Å². The number of thioether (sulfide) groups is 1. The largest absolute Gasteiger partial charge is 0.282 e. The molecule has 0 spiro atoms. The Bertz CT molecular complexity index is 241. The van der Waals surface area contributed by atoms with Gasteiger partial charge in [-0.1, -0.05) is 50.9 Å². The van der Waals surface area contributed by atoms with Crippen LogP contribution in [0.15, 0.2) is 12.2 Å². The van der Waals surface area contributed by atoms with Crippen molar-refractivity contribution in [2.75, 3.05) is 0 Å². The number of rotatable bonds is 7. The van der Waals surface area contributed by atoms with Crippen molar-refractivity contribution in [3.63, 3.8) is 0 Å². The summed E-state index contributed by atoms with van der Waals surface area (Å²) in [4.78, 5) is 11.6. The van der Waals surface area contributed by atoms with Gasteiger partial charge in [-0.3, -0.25) is 4.79 Å². The summed E-state index contributed by atoms with van der Waals surface area (Å²) in [7, 11) is 0. The molecule has 0 aromatic rings. The van der Waals surface area contributed by atoms with Gasteiger partial charge < -0.3 is 0 Å². The van der Waals surface area contributed by atoms with Crippen LogP contribution in [0, 0.1) is 0 Å². The van der Waals surface area contributed by atoms with E-state index < -0.39 is 0 Å². The monoisotopic (exact) mass is 226 g/mol. The molecule has 0 radical (unpaired) electrons. The lowest BCUT2D eigenvalue weighted by atomic mass is 10.1. The van der Waals surface area contributed by atoms with E-state index >= 15 is 0 Å². The van der Waals surface area contributed by atoms with Crippen LogP contribution in [-0.2, 0) is 4.79 Å². The van der Waals surface area contributed by atoms with Gasteiger partial charge >= 0.3 is 0 Å². The molecule has 0 unspecified atom stereocenters. The Morgan fingerprint density at radius 1 is 1.33 bits per heavy atom. The van der Waals surface area contributed by atoms with E-state index in [2.05, 4.69) is 13.5 Å². The molecule has 0 bridgehead atoms. The highest BCUT2D eigenvalue weighted by Crippen LogP contribution is 2.52. The lowest BCUT2D eigenvalue weighted by molar-refractivity contribution is -0.107. The Morgan fingerprint density at radius 3 is 2.47 bits per heavy atom. The zero-order valence-corrected chi connectivity index (χ0v) is 10.8. The van der Waals surface area contributed by atoms with E-state index in [0.717, 1.165) is 0 Å². The molecule has 1 nitrogen and oxygen atoms in total. The summed E-state index contributed by atoms with van der Waals surface area (Å²) >= 11 is 1.54. The number of carbonyl (C=O) groups is 1. The molecule has 1 aliphatic rings. The molecule has 0 heterocycles. The van der Waals surface area contributed by atoms with E-state index in [-0.39, 0.29) is 5.12 Å². The molecule has 1 aliphatic carbocycles. The Morgan fingerprint density at radius 2 is 2.00 bits per heavy atom. The highest BCUT2D eigenvalue weighted by Gasteiger charge is 2.44. The lowest BCUT2D eigenvalue weighted by Gasteiger charge is -2.13. The molecular weight excluding hydrogens is 204 g/mol.